The first-order valence-corrected chi connectivity index (χ1v) is 3.87. The van der Waals surface area contributed by atoms with Crippen molar-refractivity contribution in [3.05, 3.63) is 29.3 Å². The van der Waals surface area contributed by atoms with E-state index in [0.717, 1.165) is 6.07 Å². The molecule has 2 radical (unpaired) electrons. The van der Waals surface area contributed by atoms with Crippen LogP contribution in [-0.4, -0.2) is 20.7 Å². The van der Waals surface area contributed by atoms with Crippen molar-refractivity contribution in [2.75, 3.05) is 7.11 Å². The first-order valence-electron chi connectivity index (χ1n) is 3.87. The van der Waals surface area contributed by atoms with E-state index in [-0.39, 0.29) is 5.75 Å². The number of ketones is 1. The Labute approximate surface area is 81.3 Å². The molecule has 1 rings (SSSR count). The summed E-state index contributed by atoms with van der Waals surface area (Å²) >= 11 is 0. The monoisotopic (exact) mass is 196 g/mol. The first-order chi connectivity index (χ1) is 6.61. The molecule has 0 saturated carbocycles. The minimum absolute atomic E-state index is 0.0145. The maximum atomic E-state index is 13.2. The van der Waals surface area contributed by atoms with Gasteiger partial charge in [0.15, 0.2) is 17.4 Å². The fourth-order valence-corrected chi connectivity index (χ4v) is 1.06. The van der Waals surface area contributed by atoms with Gasteiger partial charge in [-0.2, -0.15) is 0 Å². The van der Waals surface area contributed by atoms with Crippen LogP contribution in [0.3, 0.4) is 0 Å². The van der Waals surface area contributed by atoms with E-state index in [0.29, 0.717) is 0 Å². The standard InChI is InChI=1S/C9H7BF2O2/c1-14-7-3-2-5(11)9(12)8(7)6(13)4-10/h2-3H,4H2,1H3. The van der Waals surface area contributed by atoms with Gasteiger partial charge >= 0.3 is 0 Å². The predicted octanol–water partition coefficient (Wildman–Crippen LogP) is 1.74. The van der Waals surface area contributed by atoms with Gasteiger partial charge < -0.3 is 4.74 Å². The van der Waals surface area contributed by atoms with Gasteiger partial charge in [-0.15, -0.1) is 0 Å². The molecule has 72 valence electrons. The van der Waals surface area contributed by atoms with Gasteiger partial charge in [0.1, 0.15) is 5.75 Å². The summed E-state index contributed by atoms with van der Waals surface area (Å²) in [5, 5.41) is 0. The molecule has 0 bridgehead atoms. The molecule has 1 aromatic carbocycles. The largest absolute Gasteiger partial charge is 0.496 e. The van der Waals surface area contributed by atoms with Gasteiger partial charge in [-0.25, -0.2) is 8.78 Å². The maximum Gasteiger partial charge on any atom is 0.173 e. The Bertz CT molecular complexity index is 366. The number of ether oxygens (including phenoxy) is 1. The quantitative estimate of drug-likeness (QED) is 0.543. The van der Waals surface area contributed by atoms with Crippen LogP contribution >= 0.6 is 0 Å². The van der Waals surface area contributed by atoms with Crippen LogP contribution in [-0.2, 0) is 0 Å². The van der Waals surface area contributed by atoms with Crippen molar-refractivity contribution in [1.82, 2.24) is 0 Å². The highest BCUT2D eigenvalue weighted by atomic mass is 19.2. The molecule has 14 heavy (non-hydrogen) atoms. The Morgan fingerprint density at radius 1 is 1.50 bits per heavy atom. The number of hydrogen-bond donors (Lipinski definition) is 0. The first kappa shape index (κ1) is 10.7. The van der Waals surface area contributed by atoms with E-state index in [9.17, 15) is 13.6 Å². The molecule has 2 nitrogen and oxygen atoms in total. The number of methoxy groups -OCH3 is 1. The summed E-state index contributed by atoms with van der Waals surface area (Å²) in [5.41, 5.74) is -0.435. The Morgan fingerprint density at radius 3 is 2.64 bits per heavy atom. The molecule has 0 spiro atoms. The van der Waals surface area contributed by atoms with Crippen LogP contribution < -0.4 is 4.74 Å². The highest BCUT2D eigenvalue weighted by molar-refractivity contribution is 6.24. The molecule has 0 heterocycles. The van der Waals surface area contributed by atoms with Crippen molar-refractivity contribution >= 4 is 13.6 Å². The molecule has 0 aliphatic heterocycles. The third-order valence-corrected chi connectivity index (χ3v) is 1.74. The molecular weight excluding hydrogens is 189 g/mol. The van der Waals surface area contributed by atoms with Gasteiger partial charge in [0.25, 0.3) is 0 Å². The molecule has 0 aromatic heterocycles. The highest BCUT2D eigenvalue weighted by Gasteiger charge is 2.19. The van der Waals surface area contributed by atoms with Gasteiger partial charge in [0.05, 0.1) is 20.5 Å². The third-order valence-electron chi connectivity index (χ3n) is 1.74. The van der Waals surface area contributed by atoms with Crippen molar-refractivity contribution in [3.63, 3.8) is 0 Å². The number of carbonyl (C=O) groups is 1. The van der Waals surface area contributed by atoms with Crippen LogP contribution in [0.25, 0.3) is 0 Å². The van der Waals surface area contributed by atoms with Crippen LogP contribution in [0.5, 0.6) is 5.75 Å². The van der Waals surface area contributed by atoms with Crippen molar-refractivity contribution in [2.45, 2.75) is 6.32 Å². The van der Waals surface area contributed by atoms with E-state index in [1.54, 1.807) is 0 Å². The summed E-state index contributed by atoms with van der Waals surface area (Å²) < 4.78 is 30.6. The van der Waals surface area contributed by atoms with Gasteiger partial charge in [-0.3, -0.25) is 4.79 Å². The zero-order valence-electron chi connectivity index (χ0n) is 7.51. The van der Waals surface area contributed by atoms with E-state index in [4.69, 9.17) is 12.6 Å². The molecule has 0 fully saturated rings. The van der Waals surface area contributed by atoms with Gasteiger partial charge in [-0.05, 0) is 18.5 Å². The third kappa shape index (κ3) is 1.76. The minimum atomic E-state index is -1.22. The van der Waals surface area contributed by atoms with Crippen LogP contribution in [0.2, 0.25) is 6.32 Å². The highest BCUT2D eigenvalue weighted by Crippen LogP contribution is 2.24. The summed E-state index contributed by atoms with van der Waals surface area (Å²) in [6.07, 6.45) is -0.392. The SMILES string of the molecule is [B]CC(=O)c1c(OC)ccc(F)c1F. The van der Waals surface area contributed by atoms with E-state index in [1.807, 2.05) is 0 Å². The van der Waals surface area contributed by atoms with E-state index in [1.165, 1.54) is 13.2 Å². The molecule has 0 atom stereocenters. The number of hydrogen-bond acceptors (Lipinski definition) is 2. The number of halogens is 2. The fraction of sp³-hybridized carbons (Fsp3) is 0.222. The lowest BCUT2D eigenvalue weighted by Crippen LogP contribution is -2.06. The fourth-order valence-electron chi connectivity index (χ4n) is 1.06. The smallest absolute Gasteiger partial charge is 0.173 e. The summed E-state index contributed by atoms with van der Waals surface area (Å²) in [5.74, 6) is -3.03. The van der Waals surface area contributed by atoms with Crippen LogP contribution in [0.4, 0.5) is 8.78 Å². The summed E-state index contributed by atoms with van der Waals surface area (Å²) in [6, 6.07) is 2.07. The molecule has 5 heteroatoms. The zero-order chi connectivity index (χ0) is 10.7. The average molecular weight is 196 g/mol. The van der Waals surface area contributed by atoms with Crippen molar-refractivity contribution in [2.24, 2.45) is 0 Å². The number of rotatable bonds is 3. The van der Waals surface area contributed by atoms with E-state index < -0.39 is 29.3 Å². The topological polar surface area (TPSA) is 26.3 Å². The molecule has 0 aliphatic carbocycles. The number of Topliss-reactive ketones (excluding diaryl/α,β-unsaturated/α-hetero) is 1. The normalized spacial score (nSPS) is 9.93. The van der Waals surface area contributed by atoms with Crippen molar-refractivity contribution in [1.29, 1.82) is 0 Å². The molecule has 0 saturated heterocycles. The Kier molecular flexibility index (Phi) is 3.22. The molecule has 0 unspecified atom stereocenters. The molecule has 1 aromatic rings. The molecule has 0 aliphatic rings. The predicted molar refractivity (Wildman–Crippen MR) is 47.8 cm³/mol. The second-order valence-corrected chi connectivity index (χ2v) is 2.57. The van der Waals surface area contributed by atoms with E-state index in [2.05, 4.69) is 0 Å². The lowest BCUT2D eigenvalue weighted by atomic mass is 9.95. The second-order valence-electron chi connectivity index (χ2n) is 2.57. The van der Waals surface area contributed by atoms with E-state index >= 15 is 0 Å². The molecule has 0 amide bonds. The average Bonchev–Trinajstić information content (AvgIpc) is 2.20. The van der Waals surface area contributed by atoms with Crippen LogP contribution in [0, 0.1) is 11.6 Å². The minimum Gasteiger partial charge on any atom is -0.496 e. The zero-order valence-corrected chi connectivity index (χ0v) is 7.51. The number of benzene rings is 1. The van der Waals surface area contributed by atoms with Gasteiger partial charge in [0.2, 0.25) is 0 Å². The molecular formula is C9H7BF2O2. The maximum absolute atomic E-state index is 13.2. The number of carbonyl (C=O) groups excluding carboxylic acids is 1. The lowest BCUT2D eigenvalue weighted by Gasteiger charge is -2.07. The molecule has 0 N–H and O–H groups in total. The Hall–Kier alpha value is -1.39. The van der Waals surface area contributed by atoms with Crippen LogP contribution in [0.15, 0.2) is 12.1 Å². The van der Waals surface area contributed by atoms with Gasteiger partial charge in [-0.1, -0.05) is 0 Å². The second kappa shape index (κ2) is 4.22. The van der Waals surface area contributed by atoms with Gasteiger partial charge in [0, 0.05) is 0 Å². The summed E-state index contributed by atoms with van der Waals surface area (Å²) in [7, 11) is 6.32. The van der Waals surface area contributed by atoms with Crippen LogP contribution in [0.1, 0.15) is 10.4 Å². The van der Waals surface area contributed by atoms with Crippen molar-refractivity contribution in [3.8, 4) is 5.75 Å². The summed E-state index contributed by atoms with van der Waals surface area (Å²) in [4.78, 5) is 11.2. The Balaban J connectivity index is 3.35. The lowest BCUT2D eigenvalue weighted by molar-refractivity contribution is 0.101. The summed E-state index contributed by atoms with van der Waals surface area (Å²) in [6.45, 7) is 0. The Morgan fingerprint density at radius 2 is 2.14 bits per heavy atom. The van der Waals surface area contributed by atoms with Crippen molar-refractivity contribution < 1.29 is 18.3 Å².